The highest BCUT2D eigenvalue weighted by molar-refractivity contribution is 7.99. The second kappa shape index (κ2) is 8.26. The maximum atomic E-state index is 11.8. The summed E-state index contributed by atoms with van der Waals surface area (Å²) >= 11 is 1.41. The van der Waals surface area contributed by atoms with E-state index in [1.165, 1.54) is 18.7 Å². The molecule has 114 valence electrons. The van der Waals surface area contributed by atoms with Crippen LogP contribution in [0.25, 0.3) is 0 Å². The van der Waals surface area contributed by atoms with Crippen LogP contribution in [0.3, 0.4) is 0 Å². The summed E-state index contributed by atoms with van der Waals surface area (Å²) in [5, 5.41) is 0. The Kier molecular flexibility index (Phi) is 7.01. The molecule has 0 radical (unpaired) electrons. The summed E-state index contributed by atoms with van der Waals surface area (Å²) in [5.74, 6) is -0.119. The summed E-state index contributed by atoms with van der Waals surface area (Å²) < 4.78 is 10.4. The Labute approximate surface area is 122 Å². The molecule has 1 heterocycles. The summed E-state index contributed by atoms with van der Waals surface area (Å²) in [6.45, 7) is 3.23. The minimum atomic E-state index is -0.520. The van der Waals surface area contributed by atoms with Gasteiger partial charge in [0.15, 0.2) is 0 Å². The monoisotopic (exact) mass is 303 g/mol. The van der Waals surface area contributed by atoms with E-state index in [-0.39, 0.29) is 36.7 Å². The van der Waals surface area contributed by atoms with Crippen molar-refractivity contribution < 1.29 is 23.9 Å². The number of Topliss-reactive ketones (excluding diaryl/α,β-unsaturated/α-hetero) is 1. The van der Waals surface area contributed by atoms with Gasteiger partial charge in [-0.1, -0.05) is 6.92 Å². The van der Waals surface area contributed by atoms with E-state index in [2.05, 4.69) is 0 Å². The molecule has 7 heteroatoms. The zero-order valence-electron chi connectivity index (χ0n) is 11.8. The quantitative estimate of drug-likeness (QED) is 0.740. The smallest absolute Gasteiger partial charge is 0.309 e. The van der Waals surface area contributed by atoms with Crippen LogP contribution in [0.4, 0.5) is 0 Å². The molecule has 3 atom stereocenters. The van der Waals surface area contributed by atoms with E-state index in [1.54, 1.807) is 6.92 Å². The number of hydrogen-bond acceptors (Lipinski definition) is 7. The van der Waals surface area contributed by atoms with Gasteiger partial charge in [-0.05, 0) is 13.3 Å². The fourth-order valence-electron chi connectivity index (χ4n) is 1.55. The van der Waals surface area contributed by atoms with Gasteiger partial charge in [0.05, 0.1) is 12.0 Å². The van der Waals surface area contributed by atoms with Crippen LogP contribution in [0.2, 0.25) is 0 Å². The standard InChI is InChI=1S/C13H21NO5S/c1-8-3-4-12(16)18-5-10(19-13(8)17)6-20-7-11(14)9(2)15/h8,10-11H,3-7,14H2,1-2H3. The predicted octanol–water partition coefficient (Wildman–Crippen LogP) is 0.521. The number of hydrogen-bond donors (Lipinski definition) is 1. The van der Waals surface area contributed by atoms with Crippen molar-refractivity contribution in [1.82, 2.24) is 0 Å². The van der Waals surface area contributed by atoms with E-state index in [4.69, 9.17) is 15.2 Å². The maximum absolute atomic E-state index is 11.8. The Hall–Kier alpha value is -1.08. The largest absolute Gasteiger partial charge is 0.462 e. The SMILES string of the molecule is CC(=O)C(N)CSCC1COC(=O)CCC(C)C(=O)O1. The lowest BCUT2D eigenvalue weighted by atomic mass is 10.1. The highest BCUT2D eigenvalue weighted by Gasteiger charge is 2.25. The van der Waals surface area contributed by atoms with Crippen LogP contribution in [-0.4, -0.2) is 48.0 Å². The first-order valence-electron chi connectivity index (χ1n) is 6.60. The average molecular weight is 303 g/mol. The lowest BCUT2D eigenvalue weighted by molar-refractivity contribution is -0.157. The second-order valence-electron chi connectivity index (χ2n) is 4.94. The van der Waals surface area contributed by atoms with Gasteiger partial charge in [-0.2, -0.15) is 11.8 Å². The summed E-state index contributed by atoms with van der Waals surface area (Å²) in [5.41, 5.74) is 5.62. The van der Waals surface area contributed by atoms with Gasteiger partial charge >= 0.3 is 11.9 Å². The number of rotatable bonds is 5. The lowest BCUT2D eigenvalue weighted by Crippen LogP contribution is -2.33. The summed E-state index contributed by atoms with van der Waals surface area (Å²) in [6.07, 6.45) is 0.175. The Morgan fingerprint density at radius 3 is 2.85 bits per heavy atom. The van der Waals surface area contributed by atoms with Gasteiger partial charge in [-0.15, -0.1) is 0 Å². The number of carbonyl (C=O) groups is 3. The van der Waals surface area contributed by atoms with E-state index < -0.39 is 12.1 Å². The van der Waals surface area contributed by atoms with E-state index in [9.17, 15) is 14.4 Å². The minimum absolute atomic E-state index is 0.0552. The number of nitrogens with two attached hydrogens (primary N) is 1. The molecule has 0 aromatic heterocycles. The first-order valence-corrected chi connectivity index (χ1v) is 7.75. The molecule has 20 heavy (non-hydrogen) atoms. The molecule has 0 spiro atoms. The van der Waals surface area contributed by atoms with Gasteiger partial charge in [0, 0.05) is 17.9 Å². The van der Waals surface area contributed by atoms with Gasteiger partial charge in [-0.3, -0.25) is 14.4 Å². The molecule has 0 amide bonds. The van der Waals surface area contributed by atoms with E-state index in [0.717, 1.165) is 0 Å². The van der Waals surface area contributed by atoms with Crippen LogP contribution in [0.1, 0.15) is 26.7 Å². The van der Waals surface area contributed by atoms with Crippen molar-refractivity contribution in [3.8, 4) is 0 Å². The second-order valence-corrected chi connectivity index (χ2v) is 6.01. The predicted molar refractivity (Wildman–Crippen MR) is 75.2 cm³/mol. The zero-order chi connectivity index (χ0) is 15.1. The van der Waals surface area contributed by atoms with Gasteiger partial charge in [0.1, 0.15) is 18.5 Å². The molecule has 6 nitrogen and oxygen atoms in total. The van der Waals surface area contributed by atoms with Crippen LogP contribution >= 0.6 is 11.8 Å². The zero-order valence-corrected chi connectivity index (χ0v) is 12.6. The van der Waals surface area contributed by atoms with Crippen LogP contribution in [-0.2, 0) is 23.9 Å². The minimum Gasteiger partial charge on any atom is -0.462 e. The molecule has 3 unspecified atom stereocenters. The number of esters is 2. The molecule has 0 bridgehead atoms. The summed E-state index contributed by atoms with van der Waals surface area (Å²) in [6, 6.07) is -0.520. The molecule has 0 aliphatic carbocycles. The number of carbonyl (C=O) groups excluding carboxylic acids is 3. The number of thioether (sulfide) groups is 1. The first kappa shape index (κ1) is 17.0. The third-order valence-electron chi connectivity index (χ3n) is 3.02. The molecule has 1 rings (SSSR count). The van der Waals surface area contributed by atoms with Crippen molar-refractivity contribution in [2.75, 3.05) is 18.1 Å². The van der Waals surface area contributed by atoms with E-state index in [1.807, 2.05) is 0 Å². The van der Waals surface area contributed by atoms with Crippen molar-refractivity contribution in [1.29, 1.82) is 0 Å². The van der Waals surface area contributed by atoms with Crippen LogP contribution in [0.5, 0.6) is 0 Å². The maximum Gasteiger partial charge on any atom is 0.309 e. The average Bonchev–Trinajstić information content (AvgIpc) is 2.45. The molecule has 2 N–H and O–H groups in total. The van der Waals surface area contributed by atoms with Crippen LogP contribution in [0.15, 0.2) is 0 Å². The topological polar surface area (TPSA) is 95.7 Å². The number of cyclic esters (lactones) is 2. The summed E-state index contributed by atoms with van der Waals surface area (Å²) in [4.78, 5) is 34.2. The highest BCUT2D eigenvalue weighted by Crippen LogP contribution is 2.16. The van der Waals surface area contributed by atoms with Crippen molar-refractivity contribution >= 4 is 29.5 Å². The van der Waals surface area contributed by atoms with Gasteiger partial charge in [-0.25, -0.2) is 0 Å². The highest BCUT2D eigenvalue weighted by atomic mass is 32.2. The number of ketones is 1. The fourth-order valence-corrected chi connectivity index (χ4v) is 2.60. The molecular formula is C13H21NO5S. The van der Waals surface area contributed by atoms with Crippen molar-refractivity contribution in [3.63, 3.8) is 0 Å². The third-order valence-corrected chi connectivity index (χ3v) is 4.22. The number of ether oxygens (including phenoxy) is 2. The lowest BCUT2D eigenvalue weighted by Gasteiger charge is -2.18. The summed E-state index contributed by atoms with van der Waals surface area (Å²) in [7, 11) is 0. The normalized spacial score (nSPS) is 25.8. The van der Waals surface area contributed by atoms with Crippen molar-refractivity contribution in [2.45, 2.75) is 38.8 Å². The fraction of sp³-hybridized carbons (Fsp3) is 0.769. The molecule has 1 fully saturated rings. The molecular weight excluding hydrogens is 282 g/mol. The Balaban J connectivity index is 2.46. The molecule has 1 saturated heterocycles. The molecule has 1 aliphatic heterocycles. The van der Waals surface area contributed by atoms with Gasteiger partial charge in [0.25, 0.3) is 0 Å². The molecule has 0 aromatic rings. The molecule has 0 saturated carbocycles. The van der Waals surface area contributed by atoms with E-state index >= 15 is 0 Å². The van der Waals surface area contributed by atoms with Gasteiger partial charge < -0.3 is 15.2 Å². The third kappa shape index (κ3) is 5.92. The Morgan fingerprint density at radius 1 is 1.50 bits per heavy atom. The van der Waals surface area contributed by atoms with Crippen LogP contribution in [0, 0.1) is 5.92 Å². The Bertz CT molecular complexity index is 374. The molecule has 0 aromatic carbocycles. The Morgan fingerprint density at radius 2 is 2.20 bits per heavy atom. The van der Waals surface area contributed by atoms with E-state index in [0.29, 0.717) is 17.9 Å². The van der Waals surface area contributed by atoms with Gasteiger partial charge in [0.2, 0.25) is 0 Å². The van der Waals surface area contributed by atoms with Crippen molar-refractivity contribution in [3.05, 3.63) is 0 Å². The van der Waals surface area contributed by atoms with Crippen molar-refractivity contribution in [2.24, 2.45) is 11.7 Å². The van der Waals surface area contributed by atoms with Crippen LogP contribution < -0.4 is 5.73 Å². The molecule has 1 aliphatic rings. The first-order chi connectivity index (χ1) is 9.40.